The summed E-state index contributed by atoms with van der Waals surface area (Å²) in [6.45, 7) is 11.0. The fourth-order valence-electron chi connectivity index (χ4n) is 9.49. The highest BCUT2D eigenvalue weighted by molar-refractivity contribution is 7.44. The molecule has 8 rings (SSSR count). The van der Waals surface area contributed by atoms with Gasteiger partial charge < -0.3 is 32.9 Å². The second-order valence-electron chi connectivity index (χ2n) is 18.7. The van der Waals surface area contributed by atoms with Gasteiger partial charge in [-0.05, 0) is 112 Å². The largest absolute Gasteiger partial charge is 0.497 e. The first kappa shape index (κ1) is 52.0. The van der Waals surface area contributed by atoms with Crippen LogP contribution in [0.3, 0.4) is 0 Å². The molecule has 4 atom stereocenters. The molecular formula is C58H65N4O9P. The molecule has 376 valence electrons. The zero-order valence-corrected chi connectivity index (χ0v) is 43.1. The van der Waals surface area contributed by atoms with Gasteiger partial charge in [0.1, 0.15) is 29.4 Å². The van der Waals surface area contributed by atoms with E-state index in [0.717, 1.165) is 45.5 Å². The summed E-state index contributed by atoms with van der Waals surface area (Å²) in [5.74, 6) is 8.03. The summed E-state index contributed by atoms with van der Waals surface area (Å²) in [4.78, 5) is 44.3. The molecule has 0 bridgehead atoms. The van der Waals surface area contributed by atoms with Crippen LogP contribution < -0.4 is 25.6 Å². The SMILES string of the molecule is COc1ccc(C(OCC2OC(n3cc(C)c(=O)[nH]c3=O)CC2OP(OCCCCCC(=O)N2Cc3ccccc3C#Cc3ccccc32)N(C(C)C)C(C)C)(c2ccccc2)c2ccc(OC)cc2)cc1. The molecule has 4 unspecified atom stereocenters. The zero-order chi connectivity index (χ0) is 50.8. The van der Waals surface area contributed by atoms with Crippen LogP contribution in [0.1, 0.15) is 105 Å². The maximum absolute atomic E-state index is 14.0. The number of carbonyl (C=O) groups is 1. The van der Waals surface area contributed by atoms with Crippen molar-refractivity contribution in [2.24, 2.45) is 0 Å². The van der Waals surface area contributed by atoms with Crippen molar-refractivity contribution in [2.45, 2.75) is 109 Å². The first-order valence-corrected chi connectivity index (χ1v) is 25.9. The van der Waals surface area contributed by atoms with Gasteiger partial charge in [0.25, 0.3) is 14.1 Å². The van der Waals surface area contributed by atoms with Crippen molar-refractivity contribution in [3.63, 3.8) is 0 Å². The quantitative estimate of drug-likeness (QED) is 0.0322. The lowest BCUT2D eigenvalue weighted by Gasteiger charge is -2.39. The molecule has 0 spiro atoms. The molecule has 6 aromatic rings. The van der Waals surface area contributed by atoms with Gasteiger partial charge >= 0.3 is 5.69 Å². The van der Waals surface area contributed by atoms with Gasteiger partial charge in [-0.3, -0.25) is 19.1 Å². The fraction of sp³-hybridized carbons (Fsp3) is 0.362. The Morgan fingerprint density at radius 2 is 1.38 bits per heavy atom. The molecule has 1 saturated heterocycles. The Morgan fingerprint density at radius 3 is 2.03 bits per heavy atom. The van der Waals surface area contributed by atoms with Gasteiger partial charge in [-0.1, -0.05) is 103 Å². The minimum atomic E-state index is -1.70. The summed E-state index contributed by atoms with van der Waals surface area (Å²) in [6.07, 6.45) is 2.22. The topological polar surface area (TPSA) is 134 Å². The third kappa shape index (κ3) is 11.8. The van der Waals surface area contributed by atoms with E-state index < -0.39 is 43.8 Å². The van der Waals surface area contributed by atoms with E-state index in [2.05, 4.69) is 49.2 Å². The number of nitrogens with one attached hydrogen (secondary N) is 1. The molecule has 5 aromatic carbocycles. The average Bonchev–Trinajstić information content (AvgIpc) is 3.78. The Bertz CT molecular complexity index is 2890. The smallest absolute Gasteiger partial charge is 0.330 e. The molecule has 1 fully saturated rings. The molecular weight excluding hydrogens is 928 g/mol. The molecule has 72 heavy (non-hydrogen) atoms. The van der Waals surface area contributed by atoms with Crippen molar-refractivity contribution >= 4 is 20.1 Å². The van der Waals surface area contributed by atoms with E-state index in [9.17, 15) is 14.4 Å². The Hall–Kier alpha value is -6.36. The number of amides is 1. The van der Waals surface area contributed by atoms with Crippen LogP contribution >= 0.6 is 8.53 Å². The number of anilines is 1. The number of ether oxygens (including phenoxy) is 4. The molecule has 2 aliphatic rings. The third-order valence-corrected chi connectivity index (χ3v) is 15.3. The molecule has 1 N–H and O–H groups in total. The van der Waals surface area contributed by atoms with Gasteiger partial charge in [0, 0.05) is 47.8 Å². The van der Waals surface area contributed by atoms with Crippen molar-refractivity contribution in [1.82, 2.24) is 14.2 Å². The molecule has 0 aliphatic carbocycles. The maximum Gasteiger partial charge on any atom is 0.330 e. The van der Waals surface area contributed by atoms with Gasteiger partial charge in [-0.2, -0.15) is 0 Å². The van der Waals surface area contributed by atoms with E-state index in [1.54, 1.807) is 21.1 Å². The van der Waals surface area contributed by atoms with Crippen LogP contribution in [-0.4, -0.2) is 71.9 Å². The molecule has 2 aliphatic heterocycles. The second-order valence-corrected chi connectivity index (χ2v) is 20.1. The number of fused-ring (bicyclic) bond motifs is 2. The van der Waals surface area contributed by atoms with Crippen LogP contribution in [0, 0.1) is 18.8 Å². The van der Waals surface area contributed by atoms with Gasteiger partial charge in [0.15, 0.2) is 0 Å². The lowest BCUT2D eigenvalue weighted by molar-refractivity contribution is -0.118. The third-order valence-electron chi connectivity index (χ3n) is 13.2. The van der Waals surface area contributed by atoms with Crippen molar-refractivity contribution in [1.29, 1.82) is 0 Å². The molecule has 1 amide bonds. The van der Waals surface area contributed by atoms with Crippen molar-refractivity contribution in [2.75, 3.05) is 32.3 Å². The van der Waals surface area contributed by atoms with Crippen LogP contribution in [0.2, 0.25) is 0 Å². The summed E-state index contributed by atoms with van der Waals surface area (Å²) < 4.78 is 43.0. The van der Waals surface area contributed by atoms with E-state index in [-0.39, 0.29) is 31.0 Å². The van der Waals surface area contributed by atoms with E-state index >= 15 is 0 Å². The van der Waals surface area contributed by atoms with Crippen LogP contribution in [0.15, 0.2) is 143 Å². The van der Waals surface area contributed by atoms with Gasteiger partial charge in [0.2, 0.25) is 5.91 Å². The van der Waals surface area contributed by atoms with E-state index in [4.69, 9.17) is 28.0 Å². The first-order chi connectivity index (χ1) is 34.9. The van der Waals surface area contributed by atoms with Gasteiger partial charge in [-0.25, -0.2) is 9.46 Å². The highest BCUT2D eigenvalue weighted by Gasteiger charge is 2.45. The Balaban J connectivity index is 1.04. The second kappa shape index (κ2) is 23.9. The number of aromatic amines is 1. The Morgan fingerprint density at radius 1 is 0.778 bits per heavy atom. The monoisotopic (exact) mass is 992 g/mol. The number of aryl methyl sites for hydroxylation is 1. The maximum atomic E-state index is 14.0. The Kier molecular flexibility index (Phi) is 17.3. The number of nitrogens with zero attached hydrogens (tertiary/aromatic N) is 3. The minimum Gasteiger partial charge on any atom is -0.497 e. The number of H-pyrrole nitrogens is 1. The fourth-order valence-corrected chi connectivity index (χ4v) is 11.3. The zero-order valence-electron chi connectivity index (χ0n) is 42.2. The van der Waals surface area contributed by atoms with E-state index in [1.165, 1.54) is 10.8 Å². The number of rotatable bonds is 21. The predicted octanol–water partition coefficient (Wildman–Crippen LogP) is 10.4. The van der Waals surface area contributed by atoms with Crippen molar-refractivity contribution in [3.8, 4) is 23.3 Å². The number of hydrogen-bond donors (Lipinski definition) is 1. The van der Waals surface area contributed by atoms with Crippen molar-refractivity contribution < 1.29 is 32.8 Å². The van der Waals surface area contributed by atoms with Crippen LogP contribution in [0.5, 0.6) is 11.5 Å². The van der Waals surface area contributed by atoms with Crippen LogP contribution in [-0.2, 0) is 35.5 Å². The van der Waals surface area contributed by atoms with Crippen molar-refractivity contribution in [3.05, 3.63) is 193 Å². The van der Waals surface area contributed by atoms with Crippen LogP contribution in [0.4, 0.5) is 5.69 Å². The molecule has 0 radical (unpaired) electrons. The average molecular weight is 993 g/mol. The molecule has 1 aromatic heterocycles. The summed E-state index contributed by atoms with van der Waals surface area (Å²) in [5, 5.41) is 0. The van der Waals surface area contributed by atoms with Gasteiger partial charge in [0.05, 0.1) is 45.8 Å². The lowest BCUT2D eigenvalue weighted by Crippen LogP contribution is -2.39. The summed E-state index contributed by atoms with van der Waals surface area (Å²) >= 11 is 0. The van der Waals surface area contributed by atoms with Crippen LogP contribution in [0.25, 0.3) is 0 Å². The number of hydrogen-bond acceptors (Lipinski definition) is 10. The Labute approximate surface area is 424 Å². The number of unbranched alkanes of at least 4 members (excludes halogenated alkanes) is 2. The summed E-state index contributed by atoms with van der Waals surface area (Å²) in [7, 11) is 1.58. The highest BCUT2D eigenvalue weighted by atomic mass is 31.2. The van der Waals surface area contributed by atoms with E-state index in [0.29, 0.717) is 49.5 Å². The van der Waals surface area contributed by atoms with Gasteiger partial charge in [-0.15, -0.1) is 0 Å². The molecule has 13 nitrogen and oxygen atoms in total. The van der Waals surface area contributed by atoms with E-state index in [1.807, 2.05) is 132 Å². The number of carbonyl (C=O) groups excluding carboxylic acids is 1. The predicted molar refractivity (Wildman–Crippen MR) is 281 cm³/mol. The normalized spacial score (nSPS) is 16.9. The number of methoxy groups -OCH3 is 2. The molecule has 14 heteroatoms. The molecule has 3 heterocycles. The number of para-hydroxylation sites is 1. The highest BCUT2D eigenvalue weighted by Crippen LogP contribution is 2.51. The summed E-state index contributed by atoms with van der Waals surface area (Å²) in [6, 6.07) is 41.6. The standard InChI is InChI=1S/C58H65N4O9P/c1-40(2)62(41(3)4)72(69-35-17-9-12-24-54(63)60-38-45-20-14-13-18-43(45)25-26-44-19-15-16-23-51(44)60)71-52-36-55(61-37-42(5)56(64)59-57(61)65)70-53(52)39-68-58(46-21-10-8-11-22-46,47-27-31-49(66-6)32-28-47)48-29-33-50(67-7)34-30-48/h8,10-11,13-16,18-23,27-34,37,40-41,52-53,55H,9,12,17,24,35-36,38-39H2,1-7H3,(H,59,64,65). The first-order valence-electron chi connectivity index (χ1n) is 24.7. The molecule has 0 saturated carbocycles. The lowest BCUT2D eigenvalue weighted by atomic mass is 9.80. The minimum absolute atomic E-state index is 0.0332. The summed E-state index contributed by atoms with van der Waals surface area (Å²) in [5.41, 5.74) is 4.38. The number of aromatic nitrogens is 2. The number of benzene rings is 5.